The van der Waals surface area contributed by atoms with Gasteiger partial charge in [0.15, 0.2) is 0 Å². The van der Waals surface area contributed by atoms with Crippen LogP contribution in [0.1, 0.15) is 21.6 Å². The summed E-state index contributed by atoms with van der Waals surface area (Å²) in [6, 6.07) is 15.2. The molecule has 26 heavy (non-hydrogen) atoms. The lowest BCUT2D eigenvalue weighted by Crippen LogP contribution is -2.23. The van der Waals surface area contributed by atoms with Crippen LogP contribution in [0.5, 0.6) is 0 Å². The SMILES string of the molecule is Cc1noc2nc(-c3ccccc3)cc(C(=O)NCc3cccnc3)c12. The molecule has 1 aromatic carbocycles. The van der Waals surface area contributed by atoms with E-state index in [1.54, 1.807) is 25.4 Å². The summed E-state index contributed by atoms with van der Waals surface area (Å²) < 4.78 is 5.31. The molecule has 0 aliphatic rings. The van der Waals surface area contributed by atoms with E-state index in [4.69, 9.17) is 4.52 Å². The first-order chi connectivity index (χ1) is 12.7. The van der Waals surface area contributed by atoms with Gasteiger partial charge in [0.05, 0.1) is 22.3 Å². The number of carbonyl (C=O) groups is 1. The number of fused-ring (bicyclic) bond motifs is 1. The third-order valence-corrected chi connectivity index (χ3v) is 4.11. The van der Waals surface area contributed by atoms with Gasteiger partial charge in [0.25, 0.3) is 11.6 Å². The number of nitrogens with one attached hydrogen (secondary N) is 1. The normalized spacial score (nSPS) is 10.8. The molecule has 4 rings (SSSR count). The molecule has 0 fully saturated rings. The second-order valence-electron chi connectivity index (χ2n) is 5.91. The van der Waals surface area contributed by atoms with Crippen molar-refractivity contribution in [3.05, 3.63) is 77.7 Å². The molecule has 3 heterocycles. The van der Waals surface area contributed by atoms with Gasteiger partial charge in [-0.05, 0) is 24.6 Å². The molecule has 1 amide bonds. The van der Waals surface area contributed by atoms with Crippen LogP contribution in [0.2, 0.25) is 0 Å². The molecule has 3 aromatic heterocycles. The van der Waals surface area contributed by atoms with Crippen LogP contribution in [-0.2, 0) is 6.54 Å². The Balaban J connectivity index is 1.72. The number of amides is 1. The van der Waals surface area contributed by atoms with Gasteiger partial charge in [-0.15, -0.1) is 0 Å². The number of nitrogens with zero attached hydrogens (tertiary/aromatic N) is 3. The fraction of sp³-hybridized carbons (Fsp3) is 0.100. The van der Waals surface area contributed by atoms with Crippen molar-refractivity contribution in [2.75, 3.05) is 0 Å². The smallest absolute Gasteiger partial charge is 0.259 e. The highest BCUT2D eigenvalue weighted by molar-refractivity contribution is 6.06. The molecule has 6 nitrogen and oxygen atoms in total. The lowest BCUT2D eigenvalue weighted by molar-refractivity contribution is 0.0952. The largest absolute Gasteiger partial charge is 0.348 e. The molecule has 4 aromatic rings. The maximum absolute atomic E-state index is 12.8. The summed E-state index contributed by atoms with van der Waals surface area (Å²) in [5.41, 5.74) is 3.99. The second-order valence-corrected chi connectivity index (χ2v) is 5.91. The van der Waals surface area contributed by atoms with Crippen LogP contribution in [0, 0.1) is 6.92 Å². The Morgan fingerprint density at radius 3 is 2.77 bits per heavy atom. The molecule has 0 radical (unpaired) electrons. The fourth-order valence-corrected chi connectivity index (χ4v) is 2.81. The molecule has 0 unspecified atom stereocenters. The summed E-state index contributed by atoms with van der Waals surface area (Å²) in [7, 11) is 0. The average molecular weight is 344 g/mol. The van der Waals surface area contributed by atoms with Gasteiger partial charge >= 0.3 is 0 Å². The van der Waals surface area contributed by atoms with E-state index in [0.29, 0.717) is 34.6 Å². The Labute approximate surface area is 149 Å². The molecule has 0 aliphatic carbocycles. The van der Waals surface area contributed by atoms with E-state index in [1.807, 2.05) is 42.5 Å². The molecular formula is C20H16N4O2. The maximum Gasteiger partial charge on any atom is 0.259 e. The van der Waals surface area contributed by atoms with Crippen LogP contribution in [0.15, 0.2) is 65.4 Å². The lowest BCUT2D eigenvalue weighted by atomic mass is 10.1. The summed E-state index contributed by atoms with van der Waals surface area (Å²) in [4.78, 5) is 21.4. The quantitative estimate of drug-likeness (QED) is 0.612. The Morgan fingerprint density at radius 1 is 1.15 bits per heavy atom. The van der Waals surface area contributed by atoms with Crippen molar-refractivity contribution in [3.63, 3.8) is 0 Å². The van der Waals surface area contributed by atoms with Crippen molar-refractivity contribution >= 4 is 17.0 Å². The van der Waals surface area contributed by atoms with Gasteiger partial charge in [-0.2, -0.15) is 0 Å². The number of benzene rings is 1. The summed E-state index contributed by atoms with van der Waals surface area (Å²) in [5, 5.41) is 7.52. The Hall–Kier alpha value is -3.54. The summed E-state index contributed by atoms with van der Waals surface area (Å²) in [6.45, 7) is 2.19. The maximum atomic E-state index is 12.8. The standard InChI is InChI=1S/C20H16N4O2/c1-13-18-16(19(25)22-12-14-6-5-9-21-11-14)10-17(23-20(18)26-24-13)15-7-3-2-4-8-15/h2-11H,12H2,1H3,(H,22,25). The van der Waals surface area contributed by atoms with E-state index >= 15 is 0 Å². The zero-order valence-corrected chi connectivity index (χ0v) is 14.1. The molecule has 0 atom stereocenters. The summed E-state index contributed by atoms with van der Waals surface area (Å²) >= 11 is 0. The minimum absolute atomic E-state index is 0.204. The zero-order chi connectivity index (χ0) is 17.9. The Bertz CT molecular complexity index is 1060. The second kappa shape index (κ2) is 6.76. The first-order valence-electron chi connectivity index (χ1n) is 8.22. The van der Waals surface area contributed by atoms with Crippen LogP contribution in [0.3, 0.4) is 0 Å². The molecule has 128 valence electrons. The summed E-state index contributed by atoms with van der Waals surface area (Å²) in [6.07, 6.45) is 3.42. The highest BCUT2D eigenvalue weighted by atomic mass is 16.5. The number of pyridine rings is 2. The number of hydrogen-bond donors (Lipinski definition) is 1. The van der Waals surface area contributed by atoms with Gasteiger partial charge in [0, 0.05) is 24.5 Å². The Kier molecular flexibility index (Phi) is 4.15. The molecule has 6 heteroatoms. The van der Waals surface area contributed by atoms with Gasteiger partial charge in [-0.3, -0.25) is 9.78 Å². The lowest BCUT2D eigenvalue weighted by Gasteiger charge is -2.08. The van der Waals surface area contributed by atoms with E-state index in [0.717, 1.165) is 11.1 Å². The van der Waals surface area contributed by atoms with Crippen LogP contribution in [0.4, 0.5) is 0 Å². The van der Waals surface area contributed by atoms with E-state index in [1.165, 1.54) is 0 Å². The van der Waals surface area contributed by atoms with E-state index in [2.05, 4.69) is 20.4 Å². The van der Waals surface area contributed by atoms with Crippen LogP contribution in [-0.4, -0.2) is 21.0 Å². The van der Waals surface area contributed by atoms with Crippen molar-refractivity contribution in [2.24, 2.45) is 0 Å². The number of hydrogen-bond acceptors (Lipinski definition) is 5. The number of carbonyl (C=O) groups excluding carboxylic acids is 1. The van der Waals surface area contributed by atoms with Crippen LogP contribution >= 0.6 is 0 Å². The highest BCUT2D eigenvalue weighted by Gasteiger charge is 2.19. The molecule has 0 bridgehead atoms. The topological polar surface area (TPSA) is 80.9 Å². The van der Waals surface area contributed by atoms with Gasteiger partial charge in [-0.1, -0.05) is 41.6 Å². The first kappa shape index (κ1) is 16.0. The predicted octanol–water partition coefficient (Wildman–Crippen LogP) is 3.52. The molecular weight excluding hydrogens is 328 g/mol. The third kappa shape index (κ3) is 3.04. The zero-order valence-electron chi connectivity index (χ0n) is 14.1. The van der Waals surface area contributed by atoms with Crippen molar-refractivity contribution in [1.29, 1.82) is 0 Å². The van der Waals surface area contributed by atoms with Gasteiger partial charge < -0.3 is 9.84 Å². The molecule has 0 spiro atoms. The van der Waals surface area contributed by atoms with Crippen LogP contribution < -0.4 is 5.32 Å². The van der Waals surface area contributed by atoms with Gasteiger partial charge in [0.2, 0.25) is 0 Å². The molecule has 0 saturated heterocycles. The van der Waals surface area contributed by atoms with Crippen molar-refractivity contribution in [3.8, 4) is 11.3 Å². The molecule has 0 aliphatic heterocycles. The monoisotopic (exact) mass is 344 g/mol. The third-order valence-electron chi connectivity index (χ3n) is 4.11. The van der Waals surface area contributed by atoms with E-state index < -0.39 is 0 Å². The molecule has 0 saturated carbocycles. The van der Waals surface area contributed by atoms with Crippen molar-refractivity contribution < 1.29 is 9.32 Å². The van der Waals surface area contributed by atoms with Crippen molar-refractivity contribution in [2.45, 2.75) is 13.5 Å². The van der Waals surface area contributed by atoms with Crippen LogP contribution in [0.25, 0.3) is 22.4 Å². The predicted molar refractivity (Wildman–Crippen MR) is 97.4 cm³/mol. The minimum atomic E-state index is -0.204. The van der Waals surface area contributed by atoms with E-state index in [-0.39, 0.29) is 5.91 Å². The number of aryl methyl sites for hydroxylation is 1. The average Bonchev–Trinajstić information content (AvgIpc) is 3.08. The first-order valence-corrected chi connectivity index (χ1v) is 8.22. The number of rotatable bonds is 4. The van der Waals surface area contributed by atoms with Gasteiger partial charge in [-0.25, -0.2) is 4.98 Å². The summed E-state index contributed by atoms with van der Waals surface area (Å²) in [5.74, 6) is -0.204. The van der Waals surface area contributed by atoms with Crippen molar-refractivity contribution in [1.82, 2.24) is 20.4 Å². The Morgan fingerprint density at radius 2 is 2.00 bits per heavy atom. The van der Waals surface area contributed by atoms with Gasteiger partial charge in [0.1, 0.15) is 0 Å². The fourth-order valence-electron chi connectivity index (χ4n) is 2.81. The highest BCUT2D eigenvalue weighted by Crippen LogP contribution is 2.26. The number of aromatic nitrogens is 3. The molecule has 1 N–H and O–H groups in total. The van der Waals surface area contributed by atoms with E-state index in [9.17, 15) is 4.79 Å². The minimum Gasteiger partial charge on any atom is -0.348 e.